The van der Waals surface area contributed by atoms with Gasteiger partial charge in [0, 0.05) is 48.9 Å². The van der Waals surface area contributed by atoms with Crippen LogP contribution in [0, 0.1) is 0 Å². The molecule has 0 saturated carbocycles. The summed E-state index contributed by atoms with van der Waals surface area (Å²) in [6.07, 6.45) is 0.106. The van der Waals surface area contributed by atoms with Gasteiger partial charge in [-0.3, -0.25) is 14.4 Å². The van der Waals surface area contributed by atoms with Crippen molar-refractivity contribution in [2.24, 2.45) is 0 Å². The van der Waals surface area contributed by atoms with Gasteiger partial charge < -0.3 is 14.5 Å². The fourth-order valence-corrected chi connectivity index (χ4v) is 6.18. The van der Waals surface area contributed by atoms with Crippen molar-refractivity contribution < 1.29 is 19.1 Å². The van der Waals surface area contributed by atoms with Gasteiger partial charge in [-0.1, -0.05) is 35.6 Å². The first-order chi connectivity index (χ1) is 18.8. The number of benzene rings is 3. The van der Waals surface area contributed by atoms with Crippen LogP contribution in [0.2, 0.25) is 5.02 Å². The lowest BCUT2D eigenvalue weighted by molar-refractivity contribution is -0.121. The SMILES string of the molecule is CC(=O)c1ccc(N2CCN(C(=S)S[C@@H]3CC(=O)N(c4ccc(Oc5ccc(Cl)cc5)cc4)C3=O)CC2)cc1. The van der Waals surface area contributed by atoms with Crippen LogP contribution >= 0.6 is 35.6 Å². The van der Waals surface area contributed by atoms with Crippen molar-refractivity contribution in [3.63, 3.8) is 0 Å². The number of nitrogens with zero attached hydrogens (tertiary/aromatic N) is 3. The average Bonchev–Trinajstić information content (AvgIpc) is 3.22. The average molecular weight is 580 g/mol. The highest BCUT2D eigenvalue weighted by Crippen LogP contribution is 2.33. The third-order valence-electron chi connectivity index (χ3n) is 6.67. The second-order valence-electron chi connectivity index (χ2n) is 9.27. The molecular weight excluding hydrogens is 554 g/mol. The molecule has 0 unspecified atom stereocenters. The molecule has 39 heavy (non-hydrogen) atoms. The van der Waals surface area contributed by atoms with Crippen LogP contribution in [-0.2, 0) is 9.59 Å². The Morgan fingerprint density at radius 2 is 1.44 bits per heavy atom. The number of ketones is 1. The first-order valence-electron chi connectivity index (χ1n) is 12.5. The van der Waals surface area contributed by atoms with Gasteiger partial charge in [-0.15, -0.1) is 0 Å². The van der Waals surface area contributed by atoms with Crippen LogP contribution < -0.4 is 14.5 Å². The lowest BCUT2D eigenvalue weighted by Gasteiger charge is -2.37. The molecule has 7 nitrogen and oxygen atoms in total. The van der Waals surface area contributed by atoms with Crippen LogP contribution in [0.1, 0.15) is 23.7 Å². The summed E-state index contributed by atoms with van der Waals surface area (Å²) in [4.78, 5) is 43.1. The zero-order valence-corrected chi connectivity index (χ0v) is 23.6. The molecule has 0 N–H and O–H groups in total. The maximum atomic E-state index is 13.2. The van der Waals surface area contributed by atoms with Gasteiger partial charge in [-0.05, 0) is 79.7 Å². The molecule has 0 radical (unpaired) electrons. The Morgan fingerprint density at radius 3 is 2.03 bits per heavy atom. The number of amides is 2. The standard InChI is InChI=1S/C29H26ClN3O4S2/c1-19(34)20-2-6-22(7-3-20)31-14-16-32(17-15-31)29(38)39-26-18-27(35)33(28(26)36)23-8-12-25(13-9-23)37-24-10-4-21(30)5-11-24/h2-13,26H,14-18H2,1H3/t26-/m1/s1. The number of thioether (sulfide) groups is 1. The number of carbonyl (C=O) groups excluding carboxylic acids is 3. The van der Waals surface area contributed by atoms with Crippen molar-refractivity contribution >= 4 is 68.9 Å². The first kappa shape index (κ1) is 27.2. The predicted octanol–water partition coefficient (Wildman–Crippen LogP) is 5.81. The molecule has 2 saturated heterocycles. The molecule has 2 aliphatic heterocycles. The Bertz CT molecular complexity index is 1390. The summed E-state index contributed by atoms with van der Waals surface area (Å²) in [5, 5.41) is 0.0716. The third kappa shape index (κ3) is 6.27. The Kier molecular flexibility index (Phi) is 8.20. The van der Waals surface area contributed by atoms with Crippen LogP contribution in [-0.4, -0.2) is 58.2 Å². The van der Waals surface area contributed by atoms with Crippen molar-refractivity contribution in [3.05, 3.63) is 83.4 Å². The quantitative estimate of drug-likeness (QED) is 0.206. The van der Waals surface area contributed by atoms with E-state index in [1.54, 1.807) is 55.5 Å². The van der Waals surface area contributed by atoms with Gasteiger partial charge in [0.05, 0.1) is 5.69 Å². The smallest absolute Gasteiger partial charge is 0.247 e. The third-order valence-corrected chi connectivity index (χ3v) is 8.58. The van der Waals surface area contributed by atoms with E-state index in [4.69, 9.17) is 28.6 Å². The lowest BCUT2D eigenvalue weighted by atomic mass is 10.1. The molecular formula is C29H26ClN3O4S2. The van der Waals surface area contributed by atoms with Crippen molar-refractivity contribution in [2.75, 3.05) is 36.0 Å². The fraction of sp³-hybridized carbons (Fsp3) is 0.241. The number of Topliss-reactive ketones (excluding diaryl/α,β-unsaturated/α-hetero) is 1. The van der Waals surface area contributed by atoms with Crippen LogP contribution in [0.4, 0.5) is 11.4 Å². The minimum atomic E-state index is -0.549. The number of halogens is 1. The number of thiocarbonyl (C=S) groups is 1. The van der Waals surface area contributed by atoms with Crippen LogP contribution in [0.5, 0.6) is 11.5 Å². The highest BCUT2D eigenvalue weighted by molar-refractivity contribution is 8.23. The van der Waals surface area contributed by atoms with Crippen molar-refractivity contribution in [1.29, 1.82) is 0 Å². The highest BCUT2D eigenvalue weighted by Gasteiger charge is 2.41. The number of imide groups is 1. The monoisotopic (exact) mass is 579 g/mol. The van der Waals surface area contributed by atoms with Crippen molar-refractivity contribution in [3.8, 4) is 11.5 Å². The number of rotatable bonds is 6. The Balaban J connectivity index is 1.15. The van der Waals surface area contributed by atoms with Gasteiger partial charge in [0.2, 0.25) is 11.8 Å². The number of hydrogen-bond donors (Lipinski definition) is 0. The predicted molar refractivity (Wildman–Crippen MR) is 159 cm³/mol. The van der Waals surface area contributed by atoms with E-state index in [1.807, 2.05) is 24.3 Å². The molecule has 0 aromatic heterocycles. The van der Waals surface area contributed by atoms with E-state index in [1.165, 1.54) is 16.7 Å². The fourth-order valence-electron chi connectivity index (χ4n) is 4.52. The topological polar surface area (TPSA) is 70.2 Å². The van der Waals surface area contributed by atoms with Crippen molar-refractivity contribution in [2.45, 2.75) is 18.6 Å². The van der Waals surface area contributed by atoms with E-state index in [-0.39, 0.29) is 24.0 Å². The Hall–Kier alpha value is -3.40. The summed E-state index contributed by atoms with van der Waals surface area (Å²) >= 11 is 12.9. The van der Waals surface area contributed by atoms with E-state index in [2.05, 4.69) is 9.80 Å². The summed E-state index contributed by atoms with van der Waals surface area (Å²) in [5.74, 6) is 0.763. The molecule has 0 spiro atoms. The minimum Gasteiger partial charge on any atom is -0.457 e. The van der Waals surface area contributed by atoms with Gasteiger partial charge in [0.1, 0.15) is 21.1 Å². The zero-order valence-electron chi connectivity index (χ0n) is 21.2. The number of ether oxygens (including phenoxy) is 1. The molecule has 0 aliphatic carbocycles. The van der Waals surface area contributed by atoms with E-state index in [0.717, 1.165) is 18.8 Å². The molecule has 200 valence electrons. The van der Waals surface area contributed by atoms with E-state index >= 15 is 0 Å². The van der Waals surface area contributed by atoms with Crippen LogP contribution in [0.25, 0.3) is 0 Å². The lowest BCUT2D eigenvalue weighted by Crippen LogP contribution is -2.48. The molecule has 5 rings (SSSR count). The Labute approximate surface area is 241 Å². The molecule has 1 atom stereocenters. The van der Waals surface area contributed by atoms with Crippen molar-refractivity contribution in [1.82, 2.24) is 4.90 Å². The van der Waals surface area contributed by atoms with Gasteiger partial charge >= 0.3 is 0 Å². The molecule has 3 aromatic carbocycles. The molecule has 2 amide bonds. The number of anilines is 2. The summed E-state index contributed by atoms with van der Waals surface area (Å²) in [5.41, 5.74) is 2.27. The van der Waals surface area contributed by atoms with Gasteiger partial charge in [0.15, 0.2) is 5.78 Å². The van der Waals surface area contributed by atoms with E-state index < -0.39 is 5.25 Å². The normalized spacial score (nSPS) is 17.5. The number of piperazine rings is 1. The maximum absolute atomic E-state index is 13.2. The zero-order chi connectivity index (χ0) is 27.5. The summed E-state index contributed by atoms with van der Waals surface area (Å²) in [6.45, 7) is 4.54. The van der Waals surface area contributed by atoms with Gasteiger partial charge in [-0.2, -0.15) is 0 Å². The molecule has 2 aliphatic rings. The molecule has 0 bridgehead atoms. The first-order valence-corrected chi connectivity index (χ1v) is 14.2. The summed E-state index contributed by atoms with van der Waals surface area (Å²) < 4.78 is 6.43. The second kappa shape index (κ2) is 11.8. The maximum Gasteiger partial charge on any atom is 0.247 e. The number of hydrogen-bond acceptors (Lipinski definition) is 7. The highest BCUT2D eigenvalue weighted by atomic mass is 35.5. The summed E-state index contributed by atoms with van der Waals surface area (Å²) in [6, 6.07) is 21.5. The second-order valence-corrected chi connectivity index (χ2v) is 11.5. The minimum absolute atomic E-state index is 0.0486. The van der Waals surface area contributed by atoms with Gasteiger partial charge in [0.25, 0.3) is 0 Å². The Morgan fingerprint density at radius 1 is 0.872 bits per heavy atom. The molecule has 2 heterocycles. The van der Waals surface area contributed by atoms with E-state index in [0.29, 0.717) is 45.2 Å². The molecule has 10 heteroatoms. The van der Waals surface area contributed by atoms with Crippen LogP contribution in [0.3, 0.4) is 0 Å². The molecule has 2 fully saturated rings. The largest absolute Gasteiger partial charge is 0.457 e. The molecule has 3 aromatic rings. The van der Waals surface area contributed by atoms with E-state index in [9.17, 15) is 14.4 Å². The number of carbonyl (C=O) groups is 3. The summed E-state index contributed by atoms with van der Waals surface area (Å²) in [7, 11) is 0. The van der Waals surface area contributed by atoms with Gasteiger partial charge in [-0.25, -0.2) is 4.90 Å². The van der Waals surface area contributed by atoms with Crippen LogP contribution in [0.15, 0.2) is 72.8 Å².